The summed E-state index contributed by atoms with van der Waals surface area (Å²) in [6.45, 7) is 15.4. The lowest BCUT2D eigenvalue weighted by Gasteiger charge is -2.46. The third-order valence-corrected chi connectivity index (χ3v) is 11.7. The first kappa shape index (κ1) is 19.2. The Morgan fingerprint density at radius 1 is 1.05 bits per heavy atom. The van der Waals surface area contributed by atoms with Crippen molar-refractivity contribution in [2.75, 3.05) is 6.61 Å². The minimum absolute atomic E-state index is 0.399. The molecule has 1 nitrogen and oxygen atoms in total. The van der Waals surface area contributed by atoms with Crippen LogP contribution in [0.2, 0.25) is 18.1 Å². The molecule has 2 unspecified atom stereocenters. The van der Waals surface area contributed by atoms with E-state index in [1.165, 1.54) is 51.4 Å². The predicted molar refractivity (Wildman–Crippen MR) is 97.3 cm³/mol. The maximum atomic E-state index is 6.37. The van der Waals surface area contributed by atoms with Crippen LogP contribution in [0.3, 0.4) is 0 Å². The molecule has 0 aromatic carbocycles. The summed E-state index contributed by atoms with van der Waals surface area (Å²) < 4.78 is 6.37. The van der Waals surface area contributed by atoms with E-state index >= 15 is 0 Å². The van der Waals surface area contributed by atoms with E-state index in [2.05, 4.69) is 47.2 Å². The Labute approximate surface area is 135 Å². The molecule has 1 fully saturated rings. The Kier molecular flexibility index (Phi) is 7.98. The highest BCUT2D eigenvalue weighted by Gasteiger charge is 2.45. The van der Waals surface area contributed by atoms with Crippen LogP contribution < -0.4 is 0 Å². The van der Waals surface area contributed by atoms with Crippen LogP contribution in [0.5, 0.6) is 0 Å². The molecular formula is C19H39OSi. The van der Waals surface area contributed by atoms with Gasteiger partial charge in [-0.25, -0.2) is 0 Å². The van der Waals surface area contributed by atoms with Crippen molar-refractivity contribution in [1.82, 2.24) is 0 Å². The summed E-state index contributed by atoms with van der Waals surface area (Å²) in [6.07, 6.45) is 13.8. The number of rotatable bonds is 4. The zero-order valence-corrected chi connectivity index (χ0v) is 16.5. The topological polar surface area (TPSA) is 9.23 Å². The quantitative estimate of drug-likeness (QED) is 0.546. The van der Waals surface area contributed by atoms with Crippen molar-refractivity contribution in [3.63, 3.8) is 0 Å². The molecule has 2 atom stereocenters. The van der Waals surface area contributed by atoms with Crippen LogP contribution in [0.25, 0.3) is 0 Å². The molecule has 0 amide bonds. The molecule has 0 aliphatic heterocycles. The van der Waals surface area contributed by atoms with E-state index in [1.807, 2.05) is 0 Å². The van der Waals surface area contributed by atoms with Crippen LogP contribution in [0.4, 0.5) is 0 Å². The summed E-state index contributed by atoms with van der Waals surface area (Å²) in [6, 6.07) is 0. The molecule has 0 heterocycles. The molecule has 21 heavy (non-hydrogen) atoms. The number of hydrogen-bond donors (Lipinski definition) is 0. The zero-order chi connectivity index (χ0) is 15.9. The summed E-state index contributed by atoms with van der Waals surface area (Å²) >= 11 is 0. The van der Waals surface area contributed by atoms with Crippen LogP contribution in [0.1, 0.15) is 79.1 Å². The van der Waals surface area contributed by atoms with E-state index in [9.17, 15) is 0 Å². The van der Waals surface area contributed by atoms with Gasteiger partial charge in [0.2, 0.25) is 0 Å². The van der Waals surface area contributed by atoms with Gasteiger partial charge in [-0.2, -0.15) is 0 Å². The van der Waals surface area contributed by atoms with Gasteiger partial charge in [0.15, 0.2) is 0 Å². The fourth-order valence-corrected chi connectivity index (χ4v) is 6.24. The second kappa shape index (κ2) is 8.72. The lowest BCUT2D eigenvalue weighted by Crippen LogP contribution is -2.54. The van der Waals surface area contributed by atoms with Crippen molar-refractivity contribution in [3.05, 3.63) is 6.42 Å². The molecule has 1 rings (SSSR count). The highest BCUT2D eigenvalue weighted by Crippen LogP contribution is 2.43. The first-order chi connectivity index (χ1) is 9.80. The van der Waals surface area contributed by atoms with Crippen molar-refractivity contribution >= 4 is 8.07 Å². The Morgan fingerprint density at radius 3 is 2.19 bits per heavy atom. The van der Waals surface area contributed by atoms with E-state index in [0.29, 0.717) is 16.7 Å². The molecular weight excluding hydrogens is 272 g/mol. The van der Waals surface area contributed by atoms with E-state index in [0.717, 1.165) is 6.61 Å². The number of ether oxygens (including phenoxy) is 1. The molecule has 1 aliphatic rings. The van der Waals surface area contributed by atoms with Gasteiger partial charge in [-0.05, 0) is 37.1 Å². The molecule has 0 N–H and O–H groups in total. The first-order valence-electron chi connectivity index (χ1n) is 9.25. The Morgan fingerprint density at radius 2 is 1.62 bits per heavy atom. The molecule has 1 aliphatic carbocycles. The van der Waals surface area contributed by atoms with Crippen molar-refractivity contribution < 1.29 is 4.74 Å². The Balaban J connectivity index is 2.84. The number of hydrogen-bond acceptors (Lipinski definition) is 1. The molecule has 0 saturated heterocycles. The fourth-order valence-electron chi connectivity index (χ4n) is 3.43. The summed E-state index contributed by atoms with van der Waals surface area (Å²) in [7, 11) is -1.46. The SMILES string of the molecule is CCOC(C1[CH]CCCCCCCC1)[Si](C)(C)C(C)(C)C. The predicted octanol–water partition coefficient (Wildman–Crippen LogP) is 6.39. The van der Waals surface area contributed by atoms with Crippen LogP contribution in [0.15, 0.2) is 0 Å². The van der Waals surface area contributed by atoms with Gasteiger partial charge >= 0.3 is 0 Å². The minimum Gasteiger partial charge on any atom is -0.382 e. The lowest BCUT2D eigenvalue weighted by atomic mass is 9.92. The third-order valence-electron chi connectivity index (χ3n) is 5.84. The van der Waals surface area contributed by atoms with E-state index in [-0.39, 0.29) is 0 Å². The van der Waals surface area contributed by atoms with Gasteiger partial charge in [0, 0.05) is 6.61 Å². The van der Waals surface area contributed by atoms with Crippen molar-refractivity contribution in [2.24, 2.45) is 5.92 Å². The van der Waals surface area contributed by atoms with Gasteiger partial charge < -0.3 is 4.74 Å². The second-order valence-electron chi connectivity index (χ2n) is 8.45. The average molecular weight is 312 g/mol. The van der Waals surface area contributed by atoms with Crippen molar-refractivity contribution in [2.45, 2.75) is 103 Å². The summed E-state index contributed by atoms with van der Waals surface area (Å²) in [5, 5.41) is 0.399. The van der Waals surface area contributed by atoms with Gasteiger partial charge in [-0.3, -0.25) is 0 Å². The van der Waals surface area contributed by atoms with Crippen LogP contribution in [0, 0.1) is 12.3 Å². The summed E-state index contributed by atoms with van der Waals surface area (Å²) in [4.78, 5) is 0. The monoisotopic (exact) mass is 311 g/mol. The first-order valence-corrected chi connectivity index (χ1v) is 12.3. The molecule has 1 saturated carbocycles. The van der Waals surface area contributed by atoms with Crippen LogP contribution in [-0.4, -0.2) is 20.4 Å². The standard InChI is InChI=1S/C19H39OSi/c1-7-20-18(21(5,6)19(2,3)4)17-15-13-11-9-8-10-12-14-16-17/h15,17-18H,7-14,16H2,1-6H3. The lowest BCUT2D eigenvalue weighted by molar-refractivity contribution is 0.0705. The van der Waals surface area contributed by atoms with Crippen molar-refractivity contribution in [1.29, 1.82) is 0 Å². The normalized spacial score (nSPS) is 22.0. The molecule has 2 heteroatoms. The van der Waals surface area contributed by atoms with Gasteiger partial charge in [-0.1, -0.05) is 72.4 Å². The molecule has 125 valence electrons. The highest BCUT2D eigenvalue weighted by atomic mass is 28.3. The molecule has 0 spiro atoms. The molecule has 0 aromatic rings. The Bertz CT molecular complexity index is 270. The molecule has 1 radical (unpaired) electrons. The second-order valence-corrected chi connectivity index (χ2v) is 14.0. The van der Waals surface area contributed by atoms with Gasteiger partial charge in [-0.15, -0.1) is 0 Å². The van der Waals surface area contributed by atoms with E-state index < -0.39 is 8.07 Å². The third kappa shape index (κ3) is 5.71. The van der Waals surface area contributed by atoms with E-state index in [1.54, 1.807) is 0 Å². The smallest absolute Gasteiger partial charge is 0.0872 e. The van der Waals surface area contributed by atoms with Crippen LogP contribution in [-0.2, 0) is 4.74 Å². The van der Waals surface area contributed by atoms with Gasteiger partial charge in [0.1, 0.15) is 0 Å². The maximum Gasteiger partial charge on any atom is 0.0872 e. The zero-order valence-electron chi connectivity index (χ0n) is 15.5. The minimum atomic E-state index is -1.46. The molecule has 0 aromatic heterocycles. The van der Waals surface area contributed by atoms with Crippen LogP contribution >= 0.6 is 0 Å². The Hall–Kier alpha value is 0.177. The fraction of sp³-hybridized carbons (Fsp3) is 0.947. The highest BCUT2D eigenvalue weighted by molar-refractivity contribution is 6.81. The van der Waals surface area contributed by atoms with Crippen molar-refractivity contribution in [3.8, 4) is 0 Å². The average Bonchev–Trinajstić information content (AvgIpc) is 2.41. The van der Waals surface area contributed by atoms with Gasteiger partial charge in [0.05, 0.1) is 13.8 Å². The summed E-state index contributed by atoms with van der Waals surface area (Å²) in [5.74, 6) is 0.684. The molecule has 0 bridgehead atoms. The largest absolute Gasteiger partial charge is 0.382 e. The van der Waals surface area contributed by atoms with E-state index in [4.69, 9.17) is 4.74 Å². The summed E-state index contributed by atoms with van der Waals surface area (Å²) in [5.41, 5.74) is 0.488. The maximum absolute atomic E-state index is 6.37. The van der Waals surface area contributed by atoms with Gasteiger partial charge in [0.25, 0.3) is 0 Å².